The van der Waals surface area contributed by atoms with E-state index in [1.54, 1.807) is 22.8 Å². The van der Waals surface area contributed by atoms with E-state index >= 15 is 0 Å². The highest BCUT2D eigenvalue weighted by Gasteiger charge is 2.34. The van der Waals surface area contributed by atoms with E-state index in [0.29, 0.717) is 22.5 Å². The number of likely N-dealkylation sites (tertiary alicyclic amines) is 1. The van der Waals surface area contributed by atoms with Crippen molar-refractivity contribution in [1.29, 1.82) is 0 Å². The number of benzene rings is 3. The van der Waals surface area contributed by atoms with Crippen molar-refractivity contribution < 1.29 is 27.5 Å². The van der Waals surface area contributed by atoms with Crippen LogP contribution in [0, 0.1) is 13.8 Å². The number of nitrogens with one attached hydrogen (secondary N) is 1. The van der Waals surface area contributed by atoms with E-state index in [1.165, 1.54) is 4.90 Å². The summed E-state index contributed by atoms with van der Waals surface area (Å²) in [6.45, 7) is 5.04. The monoisotopic (exact) mass is 623 g/mol. The molecule has 1 aliphatic rings. The van der Waals surface area contributed by atoms with Crippen molar-refractivity contribution in [2.24, 2.45) is 0 Å². The number of piperidine rings is 1. The Kier molecular flexibility index (Phi) is 9.27. The van der Waals surface area contributed by atoms with Crippen LogP contribution in [0.5, 0.6) is 5.75 Å². The van der Waals surface area contributed by atoms with Crippen LogP contribution in [0.15, 0.2) is 72.8 Å². The van der Waals surface area contributed by atoms with Gasteiger partial charge < -0.3 is 18.9 Å². The summed E-state index contributed by atoms with van der Waals surface area (Å²) in [6, 6.07) is 22.2. The minimum atomic E-state index is -4.03. The first-order chi connectivity index (χ1) is 20.6. The predicted octanol–water partition coefficient (Wildman–Crippen LogP) is 5.85. The Labute approximate surface area is 256 Å². The molecular weight excluding hydrogens is 590 g/mol. The number of halogens is 1. The number of aryl methyl sites for hydroxylation is 2. The van der Waals surface area contributed by atoms with Gasteiger partial charge in [0.25, 0.3) is 5.91 Å². The van der Waals surface area contributed by atoms with Gasteiger partial charge in [-0.25, -0.2) is 17.9 Å². The molecule has 2 amide bonds. The van der Waals surface area contributed by atoms with Gasteiger partial charge in [-0.3, -0.25) is 4.79 Å². The maximum Gasteiger partial charge on any atom is 0.410 e. The Balaban J connectivity index is 1.24. The summed E-state index contributed by atoms with van der Waals surface area (Å²) in [5, 5.41) is 0.264. The van der Waals surface area contributed by atoms with Crippen molar-refractivity contribution in [3.8, 4) is 5.75 Å². The third-order valence-corrected chi connectivity index (χ3v) is 9.82. The van der Waals surface area contributed by atoms with Gasteiger partial charge in [0.2, 0.25) is 10.0 Å². The standard InChI is InChI=1S/C32H34ClN3O6S/c1-22-8-6-9-23(2)30(22)41-19-18-36-28-13-7-12-27(33)26(28)20-29(36)31(37)34-43(39,40)25-14-16-35(17-15-25)32(38)42-21-24-10-4-3-5-11-24/h3-13,20,25H,14-19,21H2,1-2H3,(H,34,37). The lowest BCUT2D eigenvalue weighted by atomic mass is 10.1. The molecule has 0 atom stereocenters. The number of para-hydroxylation sites is 1. The lowest BCUT2D eigenvalue weighted by molar-refractivity contribution is 0.0892. The minimum absolute atomic E-state index is 0.140. The van der Waals surface area contributed by atoms with Gasteiger partial charge >= 0.3 is 6.09 Å². The molecule has 9 nitrogen and oxygen atoms in total. The maximum atomic E-state index is 13.5. The van der Waals surface area contributed by atoms with Gasteiger partial charge in [-0.15, -0.1) is 0 Å². The summed E-state index contributed by atoms with van der Waals surface area (Å²) in [5.74, 6) is 0.0323. The van der Waals surface area contributed by atoms with E-state index in [0.717, 1.165) is 22.4 Å². The topological polar surface area (TPSA) is 107 Å². The van der Waals surface area contributed by atoms with Crippen molar-refractivity contribution in [3.63, 3.8) is 0 Å². The van der Waals surface area contributed by atoms with E-state index < -0.39 is 27.3 Å². The van der Waals surface area contributed by atoms with Crippen LogP contribution in [0.4, 0.5) is 4.79 Å². The summed E-state index contributed by atoms with van der Waals surface area (Å²) in [5.41, 5.74) is 3.73. The quantitative estimate of drug-likeness (QED) is 0.251. The smallest absolute Gasteiger partial charge is 0.410 e. The van der Waals surface area contributed by atoms with Crippen molar-refractivity contribution >= 4 is 44.5 Å². The fourth-order valence-electron chi connectivity index (χ4n) is 5.37. The highest BCUT2D eigenvalue weighted by Crippen LogP contribution is 2.28. The summed E-state index contributed by atoms with van der Waals surface area (Å²) in [6.07, 6.45) is -0.128. The molecule has 1 fully saturated rings. The Hall–Kier alpha value is -4.02. The van der Waals surface area contributed by atoms with Crippen LogP contribution in [-0.4, -0.2) is 54.8 Å². The number of carbonyl (C=O) groups excluding carboxylic acids is 2. The SMILES string of the molecule is Cc1cccc(C)c1OCCn1c(C(=O)NS(=O)(=O)C2CCN(C(=O)OCc3ccccc3)CC2)cc2c(Cl)cccc21. The molecule has 1 aromatic heterocycles. The van der Waals surface area contributed by atoms with E-state index in [2.05, 4.69) is 4.72 Å². The molecule has 0 unspecified atom stereocenters. The van der Waals surface area contributed by atoms with Gasteiger partial charge in [0.15, 0.2) is 0 Å². The number of rotatable bonds is 9. The van der Waals surface area contributed by atoms with Crippen molar-refractivity contribution in [2.75, 3.05) is 19.7 Å². The molecule has 1 saturated heterocycles. The molecule has 0 spiro atoms. The molecule has 0 radical (unpaired) electrons. The molecule has 0 bridgehead atoms. The summed E-state index contributed by atoms with van der Waals surface area (Å²) >= 11 is 6.43. The second-order valence-electron chi connectivity index (χ2n) is 10.6. The van der Waals surface area contributed by atoms with Gasteiger partial charge in [-0.05, 0) is 61.6 Å². The van der Waals surface area contributed by atoms with E-state index in [-0.39, 0.29) is 44.8 Å². The Morgan fingerprint density at radius 1 is 0.953 bits per heavy atom. The number of amides is 2. The van der Waals surface area contributed by atoms with E-state index in [4.69, 9.17) is 21.1 Å². The van der Waals surface area contributed by atoms with Gasteiger partial charge in [0.05, 0.1) is 17.3 Å². The first kappa shape index (κ1) is 30.4. The molecule has 1 aliphatic heterocycles. The number of hydrogen-bond acceptors (Lipinski definition) is 6. The average molecular weight is 624 g/mol. The number of nitrogens with zero attached hydrogens (tertiary/aromatic N) is 2. The number of aromatic nitrogens is 1. The third kappa shape index (κ3) is 6.97. The molecule has 0 saturated carbocycles. The Morgan fingerprint density at radius 3 is 2.33 bits per heavy atom. The van der Waals surface area contributed by atoms with Crippen LogP contribution in [0.3, 0.4) is 0 Å². The first-order valence-corrected chi connectivity index (χ1v) is 16.0. The molecule has 4 aromatic rings. The zero-order valence-corrected chi connectivity index (χ0v) is 25.7. The lowest BCUT2D eigenvalue weighted by Gasteiger charge is -2.31. The zero-order valence-electron chi connectivity index (χ0n) is 24.1. The summed E-state index contributed by atoms with van der Waals surface area (Å²) in [4.78, 5) is 27.5. The summed E-state index contributed by atoms with van der Waals surface area (Å²) in [7, 11) is -4.03. The highest BCUT2D eigenvalue weighted by molar-refractivity contribution is 7.90. The van der Waals surface area contributed by atoms with Gasteiger partial charge in [0, 0.05) is 23.5 Å². The van der Waals surface area contributed by atoms with E-state index in [1.807, 2.05) is 68.4 Å². The third-order valence-electron chi connectivity index (χ3n) is 7.67. The largest absolute Gasteiger partial charge is 0.491 e. The molecule has 2 heterocycles. The van der Waals surface area contributed by atoms with Crippen LogP contribution in [-0.2, 0) is 27.9 Å². The highest BCUT2D eigenvalue weighted by atomic mass is 35.5. The Morgan fingerprint density at radius 2 is 1.63 bits per heavy atom. The van der Waals surface area contributed by atoms with Crippen molar-refractivity contribution in [2.45, 2.75) is 45.1 Å². The normalized spacial score (nSPS) is 14.1. The molecule has 43 heavy (non-hydrogen) atoms. The number of fused-ring (bicyclic) bond motifs is 1. The van der Waals surface area contributed by atoms with Crippen LogP contribution >= 0.6 is 11.6 Å². The second kappa shape index (κ2) is 13.1. The number of carbonyl (C=O) groups is 2. The summed E-state index contributed by atoms with van der Waals surface area (Å²) < 4.78 is 42.1. The van der Waals surface area contributed by atoms with Gasteiger partial charge in [-0.1, -0.05) is 66.2 Å². The molecule has 0 aliphatic carbocycles. The van der Waals surface area contributed by atoms with Gasteiger partial charge in [-0.2, -0.15) is 0 Å². The Bertz CT molecular complexity index is 1710. The molecule has 226 valence electrons. The van der Waals surface area contributed by atoms with Crippen molar-refractivity contribution in [1.82, 2.24) is 14.2 Å². The molecule has 1 N–H and O–H groups in total. The fourth-order valence-corrected chi connectivity index (χ4v) is 6.95. The van der Waals surface area contributed by atoms with Crippen LogP contribution in [0.25, 0.3) is 10.9 Å². The van der Waals surface area contributed by atoms with Crippen LogP contribution in [0.2, 0.25) is 5.02 Å². The average Bonchev–Trinajstić information content (AvgIpc) is 3.38. The van der Waals surface area contributed by atoms with E-state index in [9.17, 15) is 18.0 Å². The fraction of sp³-hybridized carbons (Fsp3) is 0.312. The molecule has 11 heteroatoms. The molecular formula is C32H34ClN3O6S. The van der Waals surface area contributed by atoms with Gasteiger partial charge in [0.1, 0.15) is 24.7 Å². The number of sulfonamides is 1. The number of hydrogen-bond donors (Lipinski definition) is 1. The molecule has 5 rings (SSSR count). The van der Waals surface area contributed by atoms with Crippen LogP contribution < -0.4 is 9.46 Å². The second-order valence-corrected chi connectivity index (χ2v) is 13.0. The van der Waals surface area contributed by atoms with Crippen molar-refractivity contribution in [3.05, 3.63) is 100 Å². The number of ether oxygens (including phenoxy) is 2. The first-order valence-electron chi connectivity index (χ1n) is 14.1. The maximum absolute atomic E-state index is 13.5. The lowest BCUT2D eigenvalue weighted by Crippen LogP contribution is -2.47. The molecule has 3 aromatic carbocycles. The zero-order chi connectivity index (χ0) is 30.6. The predicted molar refractivity (Wildman–Crippen MR) is 166 cm³/mol. The minimum Gasteiger partial charge on any atom is -0.491 e. The van der Waals surface area contributed by atoms with Crippen LogP contribution in [0.1, 0.15) is 40.0 Å².